The summed E-state index contributed by atoms with van der Waals surface area (Å²) in [4.78, 5) is 23.0. The van der Waals surface area contributed by atoms with Gasteiger partial charge < -0.3 is 9.73 Å². The van der Waals surface area contributed by atoms with E-state index in [1.807, 2.05) is 0 Å². The summed E-state index contributed by atoms with van der Waals surface area (Å²) in [5.74, 6) is 0.407. The lowest BCUT2D eigenvalue weighted by Gasteiger charge is -2.00. The molecule has 8 heteroatoms. The second-order valence-corrected chi connectivity index (χ2v) is 6.70. The number of benzene rings is 2. The molecule has 27 heavy (non-hydrogen) atoms. The number of nitro groups is 1. The van der Waals surface area contributed by atoms with Crippen LogP contribution in [0.4, 0.5) is 11.4 Å². The molecule has 0 fully saturated rings. The Morgan fingerprint density at radius 2 is 1.74 bits per heavy atom. The number of hydrogen-bond acceptors (Lipinski definition) is 4. The first-order valence-corrected chi connectivity index (χ1v) is 8.55. The van der Waals surface area contributed by atoms with E-state index in [-0.39, 0.29) is 16.6 Å². The zero-order chi connectivity index (χ0) is 19.1. The molecule has 0 aliphatic carbocycles. The minimum atomic E-state index is -0.523. The Balaban J connectivity index is 1.75. The van der Waals surface area contributed by atoms with Crippen LogP contribution in [0.3, 0.4) is 0 Å². The van der Waals surface area contributed by atoms with Crippen molar-refractivity contribution in [2.45, 2.75) is 0 Å². The number of nitrogens with zero attached hydrogens (tertiary/aromatic N) is 1. The van der Waals surface area contributed by atoms with Crippen molar-refractivity contribution in [3.63, 3.8) is 0 Å². The van der Waals surface area contributed by atoms with Gasteiger partial charge in [-0.1, -0.05) is 23.2 Å². The highest BCUT2D eigenvalue weighted by Crippen LogP contribution is 2.37. The van der Waals surface area contributed by atoms with Crippen LogP contribution in [0.2, 0.25) is 10.0 Å². The van der Waals surface area contributed by atoms with Crippen molar-refractivity contribution in [2.75, 3.05) is 5.32 Å². The normalized spacial score (nSPS) is 14.3. The molecule has 134 valence electrons. The van der Waals surface area contributed by atoms with Crippen molar-refractivity contribution in [3.05, 3.63) is 80.0 Å². The smallest absolute Gasteiger partial charge is 0.281 e. The zero-order valence-electron chi connectivity index (χ0n) is 13.5. The van der Waals surface area contributed by atoms with E-state index in [0.29, 0.717) is 38.9 Å². The van der Waals surface area contributed by atoms with E-state index < -0.39 is 4.92 Å². The van der Waals surface area contributed by atoms with Crippen LogP contribution in [0.1, 0.15) is 11.3 Å². The van der Waals surface area contributed by atoms with E-state index in [2.05, 4.69) is 5.32 Å². The fourth-order valence-electron chi connectivity index (χ4n) is 2.89. The summed E-state index contributed by atoms with van der Waals surface area (Å²) in [5.41, 5.74) is 1.87. The van der Waals surface area contributed by atoms with Crippen LogP contribution in [0.25, 0.3) is 23.0 Å². The van der Waals surface area contributed by atoms with Gasteiger partial charge in [-0.2, -0.15) is 0 Å². The number of carbonyl (C=O) groups is 1. The Labute approximate surface area is 163 Å². The molecule has 0 saturated carbocycles. The minimum absolute atomic E-state index is 0.160. The summed E-state index contributed by atoms with van der Waals surface area (Å²) in [7, 11) is 0. The third-order valence-electron chi connectivity index (χ3n) is 4.10. The van der Waals surface area contributed by atoms with Gasteiger partial charge in [-0.25, -0.2) is 0 Å². The van der Waals surface area contributed by atoms with Gasteiger partial charge in [0, 0.05) is 27.4 Å². The van der Waals surface area contributed by atoms with Gasteiger partial charge in [-0.05, 0) is 48.5 Å². The molecule has 2 heterocycles. The van der Waals surface area contributed by atoms with Crippen molar-refractivity contribution in [1.82, 2.24) is 0 Å². The van der Waals surface area contributed by atoms with Crippen molar-refractivity contribution in [2.24, 2.45) is 0 Å². The van der Waals surface area contributed by atoms with Crippen LogP contribution in [0.15, 0.2) is 52.9 Å². The predicted octanol–water partition coefficient (Wildman–Crippen LogP) is 5.65. The number of nitrogens with one attached hydrogen (secondary N) is 1. The van der Waals surface area contributed by atoms with Crippen LogP contribution < -0.4 is 5.32 Å². The van der Waals surface area contributed by atoms with Crippen LogP contribution in [-0.2, 0) is 4.79 Å². The van der Waals surface area contributed by atoms with Gasteiger partial charge in [-0.15, -0.1) is 0 Å². The van der Waals surface area contributed by atoms with Crippen LogP contribution in [-0.4, -0.2) is 10.8 Å². The number of anilines is 1. The summed E-state index contributed by atoms with van der Waals surface area (Å²) < 4.78 is 5.72. The topological polar surface area (TPSA) is 85.4 Å². The molecule has 0 spiro atoms. The highest BCUT2D eigenvalue weighted by Gasteiger charge is 2.25. The number of nitro benzene ring substituents is 1. The predicted molar refractivity (Wildman–Crippen MR) is 104 cm³/mol. The summed E-state index contributed by atoms with van der Waals surface area (Å²) >= 11 is 11.9. The third kappa shape index (κ3) is 3.20. The highest BCUT2D eigenvalue weighted by atomic mass is 35.5. The summed E-state index contributed by atoms with van der Waals surface area (Å²) in [6, 6.07) is 12.7. The maximum atomic E-state index is 12.2. The van der Waals surface area contributed by atoms with Gasteiger partial charge in [-0.3, -0.25) is 14.9 Å². The second kappa shape index (κ2) is 6.57. The average Bonchev–Trinajstić information content (AvgIpc) is 3.20. The second-order valence-electron chi connectivity index (χ2n) is 5.82. The Bertz CT molecular complexity index is 1130. The molecule has 3 aromatic rings. The van der Waals surface area contributed by atoms with Gasteiger partial charge in [0.05, 0.1) is 16.1 Å². The third-order valence-corrected chi connectivity index (χ3v) is 4.57. The molecule has 0 radical (unpaired) electrons. The van der Waals surface area contributed by atoms with Gasteiger partial charge >= 0.3 is 0 Å². The van der Waals surface area contributed by atoms with Gasteiger partial charge in [0.25, 0.3) is 11.6 Å². The quantitative estimate of drug-likeness (QED) is 0.349. The number of halogens is 2. The van der Waals surface area contributed by atoms with Gasteiger partial charge in [0.15, 0.2) is 0 Å². The Hall–Kier alpha value is -3.09. The fourth-order valence-corrected chi connectivity index (χ4v) is 3.22. The average molecular weight is 401 g/mol. The van der Waals surface area contributed by atoms with E-state index in [9.17, 15) is 14.9 Å². The molecule has 1 amide bonds. The molecule has 0 unspecified atom stereocenters. The number of fused-ring (bicyclic) bond motifs is 1. The molecular weight excluding hydrogens is 391 g/mol. The van der Waals surface area contributed by atoms with Crippen molar-refractivity contribution < 1.29 is 14.1 Å². The lowest BCUT2D eigenvalue weighted by atomic mass is 10.1. The maximum absolute atomic E-state index is 12.2. The molecule has 6 nitrogen and oxygen atoms in total. The lowest BCUT2D eigenvalue weighted by molar-refractivity contribution is -0.384. The Morgan fingerprint density at radius 1 is 1.00 bits per heavy atom. The van der Waals surface area contributed by atoms with E-state index >= 15 is 0 Å². The molecule has 2 aromatic carbocycles. The summed E-state index contributed by atoms with van der Waals surface area (Å²) in [6.45, 7) is 0. The maximum Gasteiger partial charge on any atom is 0.281 e. The van der Waals surface area contributed by atoms with Gasteiger partial charge in [0.1, 0.15) is 11.5 Å². The standard InChI is InChI=1S/C19H10Cl2N2O4/c20-10-2-5-16-14(7-10)15(19(24)22-16)9-12-3-6-18(27-12)13-4-1-11(21)8-17(13)23(25)26/h1-9H,(H,22,24)/b15-9-. The molecule has 1 aliphatic heterocycles. The molecule has 1 N–H and O–H groups in total. The molecular formula is C19H10Cl2N2O4. The molecule has 4 rings (SSSR count). The van der Waals surface area contributed by atoms with Crippen LogP contribution in [0, 0.1) is 10.1 Å². The first kappa shape index (κ1) is 17.3. The number of carbonyl (C=O) groups excluding carboxylic acids is 1. The van der Waals surface area contributed by atoms with E-state index in [1.54, 1.807) is 42.5 Å². The number of furan rings is 1. The fraction of sp³-hybridized carbons (Fsp3) is 0. The number of amides is 1. The minimum Gasteiger partial charge on any atom is -0.456 e. The first-order chi connectivity index (χ1) is 12.9. The molecule has 1 aliphatic rings. The Morgan fingerprint density at radius 3 is 2.52 bits per heavy atom. The molecule has 0 saturated heterocycles. The summed E-state index contributed by atoms with van der Waals surface area (Å²) in [5, 5.41) is 14.8. The monoisotopic (exact) mass is 400 g/mol. The van der Waals surface area contributed by atoms with Crippen molar-refractivity contribution in [1.29, 1.82) is 0 Å². The first-order valence-electron chi connectivity index (χ1n) is 7.79. The largest absolute Gasteiger partial charge is 0.456 e. The van der Waals surface area contributed by atoms with E-state index in [1.165, 1.54) is 12.1 Å². The van der Waals surface area contributed by atoms with E-state index in [4.69, 9.17) is 27.6 Å². The zero-order valence-corrected chi connectivity index (χ0v) is 15.0. The SMILES string of the molecule is O=C1Nc2ccc(Cl)cc2/C1=C/c1ccc(-c2ccc(Cl)cc2[N+](=O)[O-])o1. The Kier molecular flexibility index (Phi) is 4.22. The molecule has 1 aromatic heterocycles. The molecule has 0 atom stereocenters. The van der Waals surface area contributed by atoms with Crippen molar-refractivity contribution >= 4 is 52.1 Å². The molecule has 0 bridgehead atoms. The van der Waals surface area contributed by atoms with E-state index in [0.717, 1.165) is 0 Å². The lowest BCUT2D eigenvalue weighted by Crippen LogP contribution is -2.03. The number of rotatable bonds is 3. The van der Waals surface area contributed by atoms with Crippen LogP contribution in [0.5, 0.6) is 0 Å². The highest BCUT2D eigenvalue weighted by molar-refractivity contribution is 6.36. The summed E-state index contributed by atoms with van der Waals surface area (Å²) in [6.07, 6.45) is 1.57. The van der Waals surface area contributed by atoms with Crippen molar-refractivity contribution in [3.8, 4) is 11.3 Å². The van der Waals surface area contributed by atoms with Crippen LogP contribution >= 0.6 is 23.2 Å². The van der Waals surface area contributed by atoms with Gasteiger partial charge in [0.2, 0.25) is 0 Å². The number of hydrogen-bond donors (Lipinski definition) is 1.